The van der Waals surface area contributed by atoms with E-state index in [9.17, 15) is 14.9 Å². The number of nitrogens with zero attached hydrogens (tertiary/aromatic N) is 3. The van der Waals surface area contributed by atoms with Crippen LogP contribution in [0.4, 0.5) is 5.69 Å². The smallest absolute Gasteiger partial charge is 0.272 e. The van der Waals surface area contributed by atoms with Crippen LogP contribution in [-0.4, -0.2) is 19.7 Å². The van der Waals surface area contributed by atoms with Crippen LogP contribution in [0.25, 0.3) is 0 Å². The van der Waals surface area contributed by atoms with E-state index in [0.717, 1.165) is 5.56 Å². The predicted molar refractivity (Wildman–Crippen MR) is 64.6 cm³/mol. The molecular formula is C11H8Cl2N3O3-. The SMILES string of the molecule is O=C(Cl)c1cn(Cc2ccc([N+](=O)[O-])cc2)cn1.[Cl-]. The van der Waals surface area contributed by atoms with Crippen molar-refractivity contribution in [2.24, 2.45) is 0 Å². The summed E-state index contributed by atoms with van der Waals surface area (Å²) in [5, 5.41) is 9.87. The predicted octanol–water partition coefficient (Wildman–Crippen LogP) is -0.777. The van der Waals surface area contributed by atoms with Crippen LogP contribution in [0.1, 0.15) is 16.1 Å². The highest BCUT2D eigenvalue weighted by Gasteiger charge is 2.07. The Bertz CT molecular complexity index is 595. The standard InChI is InChI=1S/C11H8ClN3O3.ClH/c12-11(16)10-6-14(7-13-10)5-8-1-3-9(4-2-8)15(17)18;/h1-4,6-7H,5H2;1H/p-1. The molecule has 100 valence electrons. The highest BCUT2D eigenvalue weighted by atomic mass is 35.5. The summed E-state index contributed by atoms with van der Waals surface area (Å²) in [4.78, 5) is 24.7. The summed E-state index contributed by atoms with van der Waals surface area (Å²) in [6.07, 6.45) is 3.01. The van der Waals surface area contributed by atoms with Gasteiger partial charge in [-0.3, -0.25) is 14.9 Å². The van der Waals surface area contributed by atoms with Crippen molar-refractivity contribution < 1.29 is 22.1 Å². The summed E-state index contributed by atoms with van der Waals surface area (Å²) < 4.78 is 1.68. The lowest BCUT2D eigenvalue weighted by Crippen LogP contribution is -3.00. The number of non-ortho nitro benzene ring substituents is 1. The van der Waals surface area contributed by atoms with Crippen LogP contribution in [0.15, 0.2) is 36.8 Å². The number of carbonyl (C=O) groups excluding carboxylic acids is 1. The molecule has 0 unspecified atom stereocenters. The van der Waals surface area contributed by atoms with E-state index in [1.807, 2.05) is 0 Å². The molecule has 6 nitrogen and oxygen atoms in total. The van der Waals surface area contributed by atoms with E-state index >= 15 is 0 Å². The molecule has 1 aromatic heterocycles. The van der Waals surface area contributed by atoms with Gasteiger partial charge >= 0.3 is 0 Å². The van der Waals surface area contributed by atoms with Crippen molar-refractivity contribution in [3.8, 4) is 0 Å². The molecule has 0 aliphatic heterocycles. The third-order valence-electron chi connectivity index (χ3n) is 2.35. The number of aromatic nitrogens is 2. The van der Waals surface area contributed by atoms with E-state index in [2.05, 4.69) is 4.98 Å². The first kappa shape index (κ1) is 15.1. The molecule has 0 atom stereocenters. The maximum atomic E-state index is 10.8. The molecule has 0 aliphatic rings. The first-order chi connectivity index (χ1) is 8.56. The first-order valence-electron chi connectivity index (χ1n) is 5.01. The molecular weight excluding hydrogens is 293 g/mol. The Morgan fingerprint density at radius 3 is 2.47 bits per heavy atom. The summed E-state index contributed by atoms with van der Waals surface area (Å²) in [5.41, 5.74) is 1.09. The van der Waals surface area contributed by atoms with Crippen molar-refractivity contribution in [1.29, 1.82) is 0 Å². The van der Waals surface area contributed by atoms with Crippen molar-refractivity contribution in [2.45, 2.75) is 6.54 Å². The number of rotatable bonds is 4. The lowest BCUT2D eigenvalue weighted by Gasteiger charge is -2.01. The molecule has 2 aromatic rings. The average molecular weight is 301 g/mol. The van der Waals surface area contributed by atoms with E-state index in [1.54, 1.807) is 16.7 Å². The zero-order valence-electron chi connectivity index (χ0n) is 9.49. The van der Waals surface area contributed by atoms with Gasteiger partial charge in [-0.2, -0.15) is 0 Å². The molecule has 0 spiro atoms. The second-order valence-electron chi connectivity index (χ2n) is 3.63. The second kappa shape index (κ2) is 6.31. The first-order valence-corrected chi connectivity index (χ1v) is 5.39. The average Bonchev–Trinajstić information content (AvgIpc) is 2.78. The van der Waals surface area contributed by atoms with Gasteiger partial charge in [0, 0.05) is 24.9 Å². The van der Waals surface area contributed by atoms with Crippen LogP contribution < -0.4 is 12.4 Å². The van der Waals surface area contributed by atoms with E-state index in [4.69, 9.17) is 11.6 Å². The van der Waals surface area contributed by atoms with Crippen molar-refractivity contribution in [1.82, 2.24) is 9.55 Å². The molecule has 8 heteroatoms. The van der Waals surface area contributed by atoms with Gasteiger partial charge in [-0.05, 0) is 17.2 Å². The van der Waals surface area contributed by atoms with Gasteiger partial charge in [0.15, 0.2) is 0 Å². The minimum Gasteiger partial charge on any atom is -1.00 e. The fourth-order valence-electron chi connectivity index (χ4n) is 1.48. The van der Waals surface area contributed by atoms with Gasteiger partial charge in [0.25, 0.3) is 10.9 Å². The van der Waals surface area contributed by atoms with Crippen LogP contribution in [0.3, 0.4) is 0 Å². The molecule has 0 radical (unpaired) electrons. The largest absolute Gasteiger partial charge is 1.00 e. The van der Waals surface area contributed by atoms with Gasteiger partial charge in [-0.25, -0.2) is 4.98 Å². The molecule has 0 N–H and O–H groups in total. The lowest BCUT2D eigenvalue weighted by molar-refractivity contribution is -0.384. The maximum Gasteiger partial charge on any atom is 0.272 e. The number of imidazole rings is 1. The zero-order chi connectivity index (χ0) is 13.1. The molecule has 0 bridgehead atoms. The summed E-state index contributed by atoms with van der Waals surface area (Å²) in [7, 11) is 0. The second-order valence-corrected chi connectivity index (χ2v) is 3.97. The van der Waals surface area contributed by atoms with Crippen LogP contribution in [0.2, 0.25) is 0 Å². The van der Waals surface area contributed by atoms with Crippen LogP contribution >= 0.6 is 11.6 Å². The molecule has 1 heterocycles. The Balaban J connectivity index is 0.00000180. The van der Waals surface area contributed by atoms with Gasteiger partial charge in [-0.15, -0.1) is 0 Å². The Labute approximate surface area is 119 Å². The molecule has 0 fully saturated rings. The van der Waals surface area contributed by atoms with Gasteiger partial charge in [0.2, 0.25) is 0 Å². The fraction of sp³-hybridized carbons (Fsp3) is 0.0909. The number of hydrogen-bond acceptors (Lipinski definition) is 4. The van der Waals surface area contributed by atoms with Gasteiger partial charge in [0.05, 0.1) is 11.3 Å². The molecule has 0 saturated carbocycles. The monoisotopic (exact) mass is 300 g/mol. The quantitative estimate of drug-likeness (QED) is 0.422. The van der Waals surface area contributed by atoms with E-state index in [-0.39, 0.29) is 23.8 Å². The molecule has 0 amide bonds. The number of hydrogen-bond donors (Lipinski definition) is 0. The van der Waals surface area contributed by atoms with Crippen LogP contribution in [0.5, 0.6) is 0 Å². The van der Waals surface area contributed by atoms with E-state index in [1.165, 1.54) is 24.7 Å². The highest BCUT2D eigenvalue weighted by Crippen LogP contribution is 2.13. The number of nitro groups is 1. The third kappa shape index (κ3) is 3.77. The zero-order valence-corrected chi connectivity index (χ0v) is 11.0. The normalized spacial score (nSPS) is 9.74. The van der Waals surface area contributed by atoms with Crippen molar-refractivity contribution in [3.05, 3.63) is 58.2 Å². The van der Waals surface area contributed by atoms with Gasteiger partial charge in [-0.1, -0.05) is 12.1 Å². The molecule has 2 rings (SSSR count). The topological polar surface area (TPSA) is 78.0 Å². The van der Waals surface area contributed by atoms with E-state index in [0.29, 0.717) is 6.54 Å². The molecule has 0 saturated heterocycles. The molecule has 1 aromatic carbocycles. The molecule has 19 heavy (non-hydrogen) atoms. The van der Waals surface area contributed by atoms with Gasteiger partial charge < -0.3 is 17.0 Å². The lowest BCUT2D eigenvalue weighted by atomic mass is 10.2. The van der Waals surface area contributed by atoms with E-state index < -0.39 is 10.2 Å². The Hall–Kier alpha value is -1.92. The minimum atomic E-state index is -0.613. The number of benzene rings is 1. The van der Waals surface area contributed by atoms with Crippen molar-refractivity contribution >= 4 is 22.5 Å². The maximum absolute atomic E-state index is 10.8. The summed E-state index contributed by atoms with van der Waals surface area (Å²) >= 11 is 5.29. The third-order valence-corrected chi connectivity index (χ3v) is 2.54. The summed E-state index contributed by atoms with van der Waals surface area (Å²) in [6.45, 7) is 0.467. The molecule has 0 aliphatic carbocycles. The van der Waals surface area contributed by atoms with Crippen LogP contribution in [0, 0.1) is 10.1 Å². The highest BCUT2D eigenvalue weighted by molar-refractivity contribution is 6.67. The van der Waals surface area contributed by atoms with Crippen LogP contribution in [-0.2, 0) is 6.54 Å². The number of carbonyl (C=O) groups is 1. The Morgan fingerprint density at radius 1 is 1.37 bits per heavy atom. The minimum absolute atomic E-state index is 0. The Morgan fingerprint density at radius 2 is 2.00 bits per heavy atom. The summed E-state index contributed by atoms with van der Waals surface area (Å²) in [6, 6.07) is 6.17. The fourth-order valence-corrected chi connectivity index (χ4v) is 1.58. The van der Waals surface area contributed by atoms with Crippen molar-refractivity contribution in [2.75, 3.05) is 0 Å². The Kier molecular flexibility index (Phi) is 5.02. The number of halogens is 2. The number of nitro benzene ring substituents is 1. The summed E-state index contributed by atoms with van der Waals surface area (Å²) in [5.74, 6) is 0. The van der Waals surface area contributed by atoms with Crippen molar-refractivity contribution in [3.63, 3.8) is 0 Å². The van der Waals surface area contributed by atoms with Gasteiger partial charge in [0.1, 0.15) is 5.69 Å².